The van der Waals surface area contributed by atoms with Crippen molar-refractivity contribution in [1.82, 2.24) is 9.78 Å². The Bertz CT molecular complexity index is 344. The van der Waals surface area contributed by atoms with E-state index in [1.807, 2.05) is 20.8 Å². The molecule has 0 bridgehead atoms. The molecular formula is C10H16N2O3. The highest BCUT2D eigenvalue weighted by molar-refractivity contribution is 5.87. The minimum atomic E-state index is -0.961. The average Bonchev–Trinajstić information content (AvgIpc) is 2.57. The SMILES string of the molecule is CCn1ncc(COC(C)C)c1C(=O)O. The number of aryl methyl sites for hydroxylation is 1. The first kappa shape index (κ1) is 11.7. The van der Waals surface area contributed by atoms with Crippen molar-refractivity contribution in [3.8, 4) is 0 Å². The monoisotopic (exact) mass is 212 g/mol. The molecule has 15 heavy (non-hydrogen) atoms. The van der Waals surface area contributed by atoms with Crippen LogP contribution in [0.25, 0.3) is 0 Å². The van der Waals surface area contributed by atoms with Gasteiger partial charge in [-0.3, -0.25) is 4.68 Å². The number of ether oxygens (including phenoxy) is 1. The molecule has 1 aromatic heterocycles. The fourth-order valence-electron chi connectivity index (χ4n) is 1.27. The van der Waals surface area contributed by atoms with Crippen LogP contribution >= 0.6 is 0 Å². The molecule has 0 aliphatic heterocycles. The Morgan fingerprint density at radius 2 is 2.33 bits per heavy atom. The molecule has 84 valence electrons. The molecule has 1 heterocycles. The molecular weight excluding hydrogens is 196 g/mol. The van der Waals surface area contributed by atoms with E-state index in [4.69, 9.17) is 9.84 Å². The van der Waals surface area contributed by atoms with Crippen LogP contribution in [0.15, 0.2) is 6.20 Å². The van der Waals surface area contributed by atoms with Crippen molar-refractivity contribution in [3.63, 3.8) is 0 Å². The largest absolute Gasteiger partial charge is 0.477 e. The van der Waals surface area contributed by atoms with Crippen molar-refractivity contribution in [2.45, 2.75) is 40.0 Å². The molecule has 0 radical (unpaired) electrons. The van der Waals surface area contributed by atoms with E-state index in [1.54, 1.807) is 6.20 Å². The van der Waals surface area contributed by atoms with Gasteiger partial charge in [0.1, 0.15) is 0 Å². The Morgan fingerprint density at radius 3 is 2.80 bits per heavy atom. The normalized spacial score (nSPS) is 10.9. The maximum absolute atomic E-state index is 11.0. The first-order valence-electron chi connectivity index (χ1n) is 4.95. The molecule has 1 N–H and O–H groups in total. The van der Waals surface area contributed by atoms with Crippen LogP contribution < -0.4 is 0 Å². The fourth-order valence-corrected chi connectivity index (χ4v) is 1.27. The van der Waals surface area contributed by atoms with Crippen LogP contribution in [0.1, 0.15) is 36.8 Å². The number of carboxylic acids is 1. The van der Waals surface area contributed by atoms with Gasteiger partial charge >= 0.3 is 5.97 Å². The van der Waals surface area contributed by atoms with E-state index in [1.165, 1.54) is 4.68 Å². The van der Waals surface area contributed by atoms with Gasteiger partial charge in [-0.2, -0.15) is 5.10 Å². The predicted octanol–water partition coefficient (Wildman–Crippen LogP) is 1.53. The van der Waals surface area contributed by atoms with Crippen LogP contribution in [0.4, 0.5) is 0 Å². The zero-order valence-electron chi connectivity index (χ0n) is 9.23. The first-order valence-corrected chi connectivity index (χ1v) is 4.95. The zero-order valence-corrected chi connectivity index (χ0v) is 9.23. The lowest BCUT2D eigenvalue weighted by molar-refractivity contribution is 0.0599. The molecule has 5 nitrogen and oxygen atoms in total. The van der Waals surface area contributed by atoms with Crippen LogP contribution in [0.5, 0.6) is 0 Å². The van der Waals surface area contributed by atoms with Gasteiger partial charge in [0, 0.05) is 12.1 Å². The van der Waals surface area contributed by atoms with Crippen LogP contribution in [-0.4, -0.2) is 27.0 Å². The van der Waals surface area contributed by atoms with Crippen LogP contribution in [-0.2, 0) is 17.9 Å². The molecule has 0 fully saturated rings. The summed E-state index contributed by atoms with van der Waals surface area (Å²) in [5.74, 6) is -0.961. The highest BCUT2D eigenvalue weighted by atomic mass is 16.5. The van der Waals surface area contributed by atoms with Gasteiger partial charge in [-0.15, -0.1) is 0 Å². The zero-order chi connectivity index (χ0) is 11.4. The van der Waals surface area contributed by atoms with Crippen molar-refractivity contribution >= 4 is 5.97 Å². The lowest BCUT2D eigenvalue weighted by atomic mass is 10.2. The average molecular weight is 212 g/mol. The molecule has 0 aliphatic rings. The van der Waals surface area contributed by atoms with Gasteiger partial charge in [-0.05, 0) is 20.8 Å². The summed E-state index contributed by atoms with van der Waals surface area (Å²) in [5, 5.41) is 13.0. The number of aromatic carboxylic acids is 1. The first-order chi connectivity index (χ1) is 7.06. The number of nitrogens with zero attached hydrogens (tertiary/aromatic N) is 2. The maximum Gasteiger partial charge on any atom is 0.354 e. The third-order valence-corrected chi connectivity index (χ3v) is 1.99. The summed E-state index contributed by atoms with van der Waals surface area (Å²) in [6.45, 7) is 6.50. The summed E-state index contributed by atoms with van der Waals surface area (Å²) in [6.07, 6.45) is 1.63. The number of carbonyl (C=O) groups is 1. The lowest BCUT2D eigenvalue weighted by Crippen LogP contribution is -2.12. The summed E-state index contributed by atoms with van der Waals surface area (Å²) in [7, 11) is 0. The van der Waals surface area contributed by atoms with Gasteiger partial charge in [-0.25, -0.2) is 4.79 Å². The van der Waals surface area contributed by atoms with E-state index in [2.05, 4.69) is 5.10 Å². The second-order valence-corrected chi connectivity index (χ2v) is 3.50. The summed E-state index contributed by atoms with van der Waals surface area (Å²) in [5.41, 5.74) is 0.844. The van der Waals surface area contributed by atoms with Crippen LogP contribution in [0.3, 0.4) is 0 Å². The number of carboxylic acid groups (broad SMARTS) is 1. The van der Waals surface area contributed by atoms with Crippen LogP contribution in [0, 0.1) is 0 Å². The molecule has 0 amide bonds. The highest BCUT2D eigenvalue weighted by Gasteiger charge is 2.16. The summed E-state index contributed by atoms with van der Waals surface area (Å²) >= 11 is 0. The molecule has 0 atom stereocenters. The van der Waals surface area contributed by atoms with Gasteiger partial charge in [0.25, 0.3) is 0 Å². The Kier molecular flexibility index (Phi) is 3.85. The number of rotatable bonds is 5. The van der Waals surface area contributed by atoms with E-state index < -0.39 is 5.97 Å². The number of aromatic nitrogens is 2. The molecule has 1 rings (SSSR count). The third-order valence-electron chi connectivity index (χ3n) is 1.99. The van der Waals surface area contributed by atoms with Crippen LogP contribution in [0.2, 0.25) is 0 Å². The van der Waals surface area contributed by atoms with Crippen molar-refractivity contribution in [3.05, 3.63) is 17.5 Å². The topological polar surface area (TPSA) is 64.4 Å². The molecule has 0 saturated heterocycles. The molecule has 0 aromatic carbocycles. The van der Waals surface area contributed by atoms with E-state index in [0.717, 1.165) is 0 Å². The van der Waals surface area contributed by atoms with E-state index in [-0.39, 0.29) is 11.8 Å². The Hall–Kier alpha value is -1.36. The number of hydrogen-bond acceptors (Lipinski definition) is 3. The second-order valence-electron chi connectivity index (χ2n) is 3.50. The fraction of sp³-hybridized carbons (Fsp3) is 0.600. The van der Waals surface area contributed by atoms with Gasteiger partial charge in [0.15, 0.2) is 5.69 Å². The molecule has 0 saturated carbocycles. The van der Waals surface area contributed by atoms with Gasteiger partial charge in [-0.1, -0.05) is 0 Å². The standard InChI is InChI=1S/C10H16N2O3/c1-4-12-9(10(13)14)8(5-11-12)6-15-7(2)3/h5,7H,4,6H2,1-3H3,(H,13,14). The van der Waals surface area contributed by atoms with Crippen molar-refractivity contribution in [2.75, 3.05) is 0 Å². The lowest BCUT2D eigenvalue weighted by Gasteiger charge is -2.07. The van der Waals surface area contributed by atoms with E-state index in [0.29, 0.717) is 18.7 Å². The minimum absolute atomic E-state index is 0.0802. The third kappa shape index (κ3) is 2.79. The van der Waals surface area contributed by atoms with E-state index >= 15 is 0 Å². The van der Waals surface area contributed by atoms with Gasteiger partial charge in [0.2, 0.25) is 0 Å². The maximum atomic E-state index is 11.0. The Labute approximate surface area is 88.7 Å². The predicted molar refractivity (Wildman–Crippen MR) is 54.8 cm³/mol. The molecule has 5 heteroatoms. The second kappa shape index (κ2) is 4.93. The molecule has 0 unspecified atom stereocenters. The quantitative estimate of drug-likeness (QED) is 0.803. The summed E-state index contributed by atoms with van der Waals surface area (Å²) < 4.78 is 6.82. The molecule has 0 spiro atoms. The summed E-state index contributed by atoms with van der Waals surface area (Å²) in [4.78, 5) is 11.0. The molecule has 1 aromatic rings. The minimum Gasteiger partial charge on any atom is -0.477 e. The van der Waals surface area contributed by atoms with Crippen molar-refractivity contribution in [2.24, 2.45) is 0 Å². The summed E-state index contributed by atoms with van der Waals surface area (Å²) in [6, 6.07) is 0. The van der Waals surface area contributed by atoms with Gasteiger partial charge in [0.05, 0.1) is 18.9 Å². The van der Waals surface area contributed by atoms with Gasteiger partial charge < -0.3 is 9.84 Å². The van der Waals surface area contributed by atoms with Crippen molar-refractivity contribution in [1.29, 1.82) is 0 Å². The number of hydrogen-bond donors (Lipinski definition) is 1. The Morgan fingerprint density at radius 1 is 1.67 bits per heavy atom. The highest BCUT2D eigenvalue weighted by Crippen LogP contribution is 2.11. The molecule has 0 aliphatic carbocycles. The van der Waals surface area contributed by atoms with Crippen molar-refractivity contribution < 1.29 is 14.6 Å². The van der Waals surface area contributed by atoms with E-state index in [9.17, 15) is 4.79 Å². The smallest absolute Gasteiger partial charge is 0.354 e. The Balaban J connectivity index is 2.87.